The lowest BCUT2D eigenvalue weighted by Gasteiger charge is -2.18. The molecule has 3 heteroatoms. The molecule has 1 aromatic rings. The standard InChI is InChI=1S/C9H10O2S/c10-12(11)9(6-7-9)8-4-2-1-3-5-8/h1-5H,6-7H2,(H,10,11)/p-1. The van der Waals surface area contributed by atoms with Crippen molar-refractivity contribution in [1.29, 1.82) is 0 Å². The van der Waals surface area contributed by atoms with Gasteiger partial charge in [0.1, 0.15) is 0 Å². The lowest BCUT2D eigenvalue weighted by molar-refractivity contribution is 0.521. The molecule has 0 heterocycles. The number of benzene rings is 1. The third kappa shape index (κ3) is 1.09. The van der Waals surface area contributed by atoms with Gasteiger partial charge in [-0.3, -0.25) is 4.21 Å². The average Bonchev–Trinajstić information content (AvgIpc) is 2.86. The third-order valence-electron chi connectivity index (χ3n) is 2.32. The van der Waals surface area contributed by atoms with Gasteiger partial charge in [0.05, 0.1) is 4.75 Å². The molecule has 1 unspecified atom stereocenters. The maximum absolute atomic E-state index is 10.9. The molecule has 64 valence electrons. The SMILES string of the molecule is O=S([O-])C1(c2ccccc2)CC1. The Hall–Kier alpha value is -0.670. The predicted octanol–water partition coefficient (Wildman–Crippen LogP) is 1.55. The molecular formula is C9H9O2S-. The normalized spacial score (nSPS) is 21.8. The average molecular weight is 181 g/mol. The smallest absolute Gasteiger partial charge is 0.0576 e. The predicted molar refractivity (Wildman–Crippen MR) is 46.3 cm³/mol. The molecular weight excluding hydrogens is 172 g/mol. The fourth-order valence-electron chi connectivity index (χ4n) is 1.41. The van der Waals surface area contributed by atoms with Gasteiger partial charge in [-0.1, -0.05) is 30.3 Å². The van der Waals surface area contributed by atoms with Crippen molar-refractivity contribution in [1.82, 2.24) is 0 Å². The summed E-state index contributed by atoms with van der Waals surface area (Å²) in [4.78, 5) is 0. The second kappa shape index (κ2) is 2.68. The lowest BCUT2D eigenvalue weighted by atomic mass is 10.1. The monoisotopic (exact) mass is 181 g/mol. The van der Waals surface area contributed by atoms with Gasteiger partial charge in [-0.2, -0.15) is 0 Å². The van der Waals surface area contributed by atoms with Crippen LogP contribution in [0.3, 0.4) is 0 Å². The molecule has 1 atom stereocenters. The highest BCUT2D eigenvalue weighted by Gasteiger charge is 2.45. The molecule has 0 saturated heterocycles. The summed E-state index contributed by atoms with van der Waals surface area (Å²) >= 11 is -1.97. The second-order valence-corrected chi connectivity index (χ2v) is 4.35. The van der Waals surface area contributed by atoms with Crippen molar-refractivity contribution in [2.24, 2.45) is 0 Å². The molecule has 0 radical (unpaired) electrons. The summed E-state index contributed by atoms with van der Waals surface area (Å²) < 4.78 is 21.2. The quantitative estimate of drug-likeness (QED) is 0.649. The van der Waals surface area contributed by atoms with Crippen molar-refractivity contribution in [2.75, 3.05) is 0 Å². The summed E-state index contributed by atoms with van der Waals surface area (Å²) in [6.07, 6.45) is 1.54. The molecule has 1 saturated carbocycles. The minimum Gasteiger partial charge on any atom is -0.772 e. The van der Waals surface area contributed by atoms with Gasteiger partial charge in [-0.05, 0) is 29.5 Å². The maximum atomic E-state index is 10.9. The zero-order chi connectivity index (χ0) is 8.60. The highest BCUT2D eigenvalue weighted by Crippen LogP contribution is 2.50. The van der Waals surface area contributed by atoms with Crippen LogP contribution >= 0.6 is 0 Å². The van der Waals surface area contributed by atoms with E-state index in [0.29, 0.717) is 0 Å². The van der Waals surface area contributed by atoms with Crippen molar-refractivity contribution in [3.63, 3.8) is 0 Å². The van der Waals surface area contributed by atoms with Crippen LogP contribution in [0.2, 0.25) is 0 Å². The lowest BCUT2D eigenvalue weighted by Crippen LogP contribution is -2.13. The summed E-state index contributed by atoms with van der Waals surface area (Å²) in [6.45, 7) is 0. The Bertz CT molecular complexity index is 304. The van der Waals surface area contributed by atoms with E-state index < -0.39 is 15.8 Å². The van der Waals surface area contributed by atoms with Crippen molar-refractivity contribution in [3.8, 4) is 0 Å². The van der Waals surface area contributed by atoms with E-state index in [4.69, 9.17) is 0 Å². The Morgan fingerprint density at radius 1 is 1.25 bits per heavy atom. The molecule has 0 N–H and O–H groups in total. The fraction of sp³-hybridized carbons (Fsp3) is 0.333. The zero-order valence-corrected chi connectivity index (χ0v) is 7.34. The van der Waals surface area contributed by atoms with Gasteiger partial charge in [-0.25, -0.2) is 0 Å². The topological polar surface area (TPSA) is 40.1 Å². The van der Waals surface area contributed by atoms with Crippen LogP contribution in [0.25, 0.3) is 0 Å². The van der Waals surface area contributed by atoms with Gasteiger partial charge in [0.15, 0.2) is 0 Å². The zero-order valence-electron chi connectivity index (χ0n) is 6.53. The van der Waals surface area contributed by atoms with E-state index in [9.17, 15) is 8.76 Å². The van der Waals surface area contributed by atoms with Crippen molar-refractivity contribution in [2.45, 2.75) is 17.6 Å². The Morgan fingerprint density at radius 3 is 2.25 bits per heavy atom. The van der Waals surface area contributed by atoms with Gasteiger partial charge in [0.25, 0.3) is 0 Å². The van der Waals surface area contributed by atoms with E-state index in [0.717, 1.165) is 18.4 Å². The highest BCUT2D eigenvalue weighted by molar-refractivity contribution is 7.80. The van der Waals surface area contributed by atoms with Crippen LogP contribution in [0.15, 0.2) is 30.3 Å². The first-order chi connectivity index (χ1) is 5.76. The number of rotatable bonds is 2. The minimum atomic E-state index is -1.97. The first kappa shape index (κ1) is 7.95. The van der Waals surface area contributed by atoms with E-state index in [1.54, 1.807) is 0 Å². The van der Waals surface area contributed by atoms with Crippen LogP contribution in [-0.2, 0) is 15.8 Å². The van der Waals surface area contributed by atoms with E-state index in [-0.39, 0.29) is 0 Å². The molecule has 0 aromatic heterocycles. The molecule has 0 spiro atoms. The number of hydrogen-bond acceptors (Lipinski definition) is 2. The van der Waals surface area contributed by atoms with Crippen molar-refractivity contribution < 1.29 is 8.76 Å². The summed E-state index contributed by atoms with van der Waals surface area (Å²) in [6, 6.07) is 9.41. The van der Waals surface area contributed by atoms with E-state index >= 15 is 0 Å². The Kier molecular flexibility index (Phi) is 1.77. The molecule has 1 aromatic carbocycles. The summed E-state index contributed by atoms with van der Waals surface area (Å²) in [5.74, 6) is 0. The molecule has 0 aliphatic heterocycles. The Balaban J connectivity index is 2.37. The fourth-order valence-corrected chi connectivity index (χ4v) is 2.17. The van der Waals surface area contributed by atoms with Crippen LogP contribution in [0.1, 0.15) is 18.4 Å². The molecule has 0 amide bonds. The summed E-state index contributed by atoms with van der Waals surface area (Å²) in [7, 11) is 0. The third-order valence-corrected chi connectivity index (χ3v) is 3.61. The Morgan fingerprint density at radius 2 is 1.83 bits per heavy atom. The van der Waals surface area contributed by atoms with Crippen LogP contribution in [0, 0.1) is 0 Å². The van der Waals surface area contributed by atoms with Crippen LogP contribution in [0.5, 0.6) is 0 Å². The van der Waals surface area contributed by atoms with Gasteiger partial charge in [-0.15, -0.1) is 0 Å². The molecule has 12 heavy (non-hydrogen) atoms. The van der Waals surface area contributed by atoms with Crippen molar-refractivity contribution in [3.05, 3.63) is 35.9 Å². The minimum absolute atomic E-state index is 0.540. The van der Waals surface area contributed by atoms with Crippen LogP contribution in [0.4, 0.5) is 0 Å². The molecule has 1 aliphatic rings. The largest absolute Gasteiger partial charge is 0.772 e. The molecule has 0 bridgehead atoms. The summed E-state index contributed by atoms with van der Waals surface area (Å²) in [5.41, 5.74) is 0.929. The van der Waals surface area contributed by atoms with Crippen molar-refractivity contribution >= 4 is 11.1 Å². The highest BCUT2D eigenvalue weighted by atomic mass is 32.2. The van der Waals surface area contributed by atoms with Crippen LogP contribution < -0.4 is 0 Å². The van der Waals surface area contributed by atoms with Gasteiger partial charge in [0, 0.05) is 0 Å². The number of hydrogen-bond donors (Lipinski definition) is 0. The first-order valence-corrected chi connectivity index (χ1v) is 4.98. The first-order valence-electron chi connectivity index (χ1n) is 3.91. The molecule has 1 fully saturated rings. The van der Waals surface area contributed by atoms with Gasteiger partial charge in [0.2, 0.25) is 0 Å². The van der Waals surface area contributed by atoms with Gasteiger partial charge < -0.3 is 4.55 Å². The molecule has 1 aliphatic carbocycles. The van der Waals surface area contributed by atoms with E-state index in [1.807, 2.05) is 30.3 Å². The second-order valence-electron chi connectivity index (χ2n) is 3.10. The molecule has 2 nitrogen and oxygen atoms in total. The van der Waals surface area contributed by atoms with E-state index in [1.165, 1.54) is 0 Å². The van der Waals surface area contributed by atoms with Gasteiger partial charge >= 0.3 is 0 Å². The Labute approximate surface area is 73.9 Å². The van der Waals surface area contributed by atoms with E-state index in [2.05, 4.69) is 0 Å². The molecule has 2 rings (SSSR count). The van der Waals surface area contributed by atoms with Crippen LogP contribution in [-0.4, -0.2) is 8.76 Å². The summed E-state index contributed by atoms with van der Waals surface area (Å²) in [5, 5.41) is 0. The maximum Gasteiger partial charge on any atom is 0.0576 e.